The highest BCUT2D eigenvalue weighted by Crippen LogP contribution is 2.24. The molecule has 1 aromatic carbocycles. The van der Waals surface area contributed by atoms with E-state index in [4.69, 9.17) is 4.74 Å². The minimum absolute atomic E-state index is 0.0556. The van der Waals surface area contributed by atoms with E-state index < -0.39 is 10.0 Å². The third-order valence-corrected chi connectivity index (χ3v) is 5.38. The lowest BCUT2D eigenvalue weighted by Crippen LogP contribution is -2.34. The Morgan fingerprint density at radius 3 is 2.65 bits per heavy atom. The molecular formula is C16H22N2O4S. The van der Waals surface area contributed by atoms with E-state index in [1.54, 1.807) is 37.5 Å². The van der Waals surface area contributed by atoms with Crippen molar-refractivity contribution < 1.29 is 17.9 Å². The first kappa shape index (κ1) is 17.5. The SMILES string of the molecule is COCC(C)NC(=O)/C=C/c1ccc(N2CCCS2(=O)=O)cc1. The third-order valence-electron chi connectivity index (χ3n) is 3.51. The Morgan fingerprint density at radius 1 is 1.39 bits per heavy atom. The number of anilines is 1. The van der Waals surface area contributed by atoms with Gasteiger partial charge in [0.15, 0.2) is 0 Å². The maximum atomic E-state index is 11.9. The number of amides is 1. The van der Waals surface area contributed by atoms with E-state index in [9.17, 15) is 13.2 Å². The molecule has 1 aliphatic heterocycles. The smallest absolute Gasteiger partial charge is 0.244 e. The summed E-state index contributed by atoms with van der Waals surface area (Å²) in [6, 6.07) is 7.05. The predicted octanol–water partition coefficient (Wildman–Crippen LogP) is 1.39. The van der Waals surface area contributed by atoms with Crippen molar-refractivity contribution in [1.82, 2.24) is 5.32 Å². The van der Waals surface area contributed by atoms with Gasteiger partial charge in [0.1, 0.15) is 0 Å². The monoisotopic (exact) mass is 338 g/mol. The molecule has 0 spiro atoms. The molecule has 1 aromatic rings. The Labute approximate surface area is 137 Å². The van der Waals surface area contributed by atoms with Gasteiger partial charge in [0, 0.05) is 25.8 Å². The van der Waals surface area contributed by atoms with Gasteiger partial charge in [-0.2, -0.15) is 0 Å². The molecule has 2 rings (SSSR count). The largest absolute Gasteiger partial charge is 0.383 e. The number of methoxy groups -OCH3 is 1. The molecule has 1 amide bonds. The molecule has 0 bridgehead atoms. The molecule has 23 heavy (non-hydrogen) atoms. The number of carbonyl (C=O) groups excluding carboxylic acids is 1. The van der Waals surface area contributed by atoms with Crippen LogP contribution in [0.25, 0.3) is 6.08 Å². The van der Waals surface area contributed by atoms with Crippen LogP contribution in [0.4, 0.5) is 5.69 Å². The number of nitrogens with zero attached hydrogens (tertiary/aromatic N) is 1. The normalized spacial score (nSPS) is 18.3. The number of rotatable bonds is 6. The molecule has 0 saturated carbocycles. The number of sulfonamides is 1. The highest BCUT2D eigenvalue weighted by Gasteiger charge is 2.28. The highest BCUT2D eigenvalue weighted by molar-refractivity contribution is 7.93. The van der Waals surface area contributed by atoms with Crippen LogP contribution in [0, 0.1) is 0 Å². The van der Waals surface area contributed by atoms with E-state index in [-0.39, 0.29) is 17.7 Å². The van der Waals surface area contributed by atoms with Crippen LogP contribution >= 0.6 is 0 Å². The van der Waals surface area contributed by atoms with Gasteiger partial charge in [0.2, 0.25) is 15.9 Å². The Kier molecular flexibility index (Phi) is 5.79. The summed E-state index contributed by atoms with van der Waals surface area (Å²) in [5.41, 5.74) is 1.50. The molecule has 6 nitrogen and oxygen atoms in total. The summed E-state index contributed by atoms with van der Waals surface area (Å²) in [5, 5.41) is 2.78. The number of benzene rings is 1. The Balaban J connectivity index is 1.97. The van der Waals surface area contributed by atoms with Crippen molar-refractivity contribution in [1.29, 1.82) is 0 Å². The van der Waals surface area contributed by atoms with Crippen LogP contribution in [0.5, 0.6) is 0 Å². The number of hydrogen-bond donors (Lipinski definition) is 1. The van der Waals surface area contributed by atoms with Gasteiger partial charge in [-0.25, -0.2) is 8.42 Å². The zero-order valence-electron chi connectivity index (χ0n) is 13.4. The van der Waals surface area contributed by atoms with Crippen LogP contribution in [-0.2, 0) is 19.6 Å². The summed E-state index contributed by atoms with van der Waals surface area (Å²) in [6.45, 7) is 2.84. The number of hydrogen-bond acceptors (Lipinski definition) is 4. The second kappa shape index (κ2) is 7.61. The number of ether oxygens (including phenoxy) is 1. The summed E-state index contributed by atoms with van der Waals surface area (Å²) in [4.78, 5) is 11.7. The lowest BCUT2D eigenvalue weighted by atomic mass is 10.2. The molecule has 1 N–H and O–H groups in total. The van der Waals surface area contributed by atoms with Crippen LogP contribution in [-0.4, -0.2) is 46.4 Å². The van der Waals surface area contributed by atoms with Gasteiger partial charge in [-0.05, 0) is 37.1 Å². The van der Waals surface area contributed by atoms with Crippen molar-refractivity contribution in [2.24, 2.45) is 0 Å². The van der Waals surface area contributed by atoms with E-state index in [0.717, 1.165) is 5.56 Å². The second-order valence-corrected chi connectivity index (χ2v) is 7.54. The van der Waals surface area contributed by atoms with Crippen molar-refractivity contribution in [2.75, 3.05) is 30.3 Å². The van der Waals surface area contributed by atoms with Crippen LogP contribution in [0.15, 0.2) is 30.3 Å². The van der Waals surface area contributed by atoms with Crippen molar-refractivity contribution in [2.45, 2.75) is 19.4 Å². The molecule has 1 aliphatic rings. The third kappa shape index (κ3) is 4.80. The first-order valence-corrected chi connectivity index (χ1v) is 9.11. The van der Waals surface area contributed by atoms with Gasteiger partial charge < -0.3 is 10.1 Å². The predicted molar refractivity (Wildman–Crippen MR) is 90.7 cm³/mol. The standard InChI is InChI=1S/C16H22N2O4S/c1-13(12-22-2)17-16(19)9-6-14-4-7-15(8-5-14)18-10-3-11-23(18,20)21/h4-9,13H,3,10-12H2,1-2H3,(H,17,19)/b9-6+. The average Bonchev–Trinajstić information content (AvgIpc) is 2.85. The molecular weight excluding hydrogens is 316 g/mol. The lowest BCUT2D eigenvalue weighted by molar-refractivity contribution is -0.117. The molecule has 0 aromatic heterocycles. The molecule has 1 heterocycles. The van der Waals surface area contributed by atoms with Gasteiger partial charge in [-0.1, -0.05) is 12.1 Å². The van der Waals surface area contributed by atoms with E-state index in [2.05, 4.69) is 5.32 Å². The van der Waals surface area contributed by atoms with Crippen molar-refractivity contribution in [3.05, 3.63) is 35.9 Å². The summed E-state index contributed by atoms with van der Waals surface area (Å²) in [5.74, 6) is 0.00911. The molecule has 1 saturated heterocycles. The zero-order valence-corrected chi connectivity index (χ0v) is 14.2. The summed E-state index contributed by atoms with van der Waals surface area (Å²) >= 11 is 0. The minimum atomic E-state index is -3.16. The van der Waals surface area contributed by atoms with Crippen LogP contribution in [0.3, 0.4) is 0 Å². The molecule has 1 atom stereocenters. The number of carbonyl (C=O) groups is 1. The fourth-order valence-electron chi connectivity index (χ4n) is 2.44. The van der Waals surface area contributed by atoms with Gasteiger partial charge in [0.25, 0.3) is 0 Å². The fraction of sp³-hybridized carbons (Fsp3) is 0.438. The van der Waals surface area contributed by atoms with Crippen molar-refractivity contribution in [3.8, 4) is 0 Å². The first-order valence-electron chi connectivity index (χ1n) is 7.50. The van der Waals surface area contributed by atoms with E-state index in [1.165, 1.54) is 10.4 Å². The Bertz CT molecular complexity index is 668. The molecule has 0 aliphatic carbocycles. The fourth-order valence-corrected chi connectivity index (χ4v) is 4.00. The summed E-state index contributed by atoms with van der Waals surface area (Å²) < 4.78 is 30.1. The van der Waals surface area contributed by atoms with Gasteiger partial charge in [0.05, 0.1) is 18.0 Å². The topological polar surface area (TPSA) is 75.7 Å². The Morgan fingerprint density at radius 2 is 2.09 bits per heavy atom. The molecule has 7 heteroatoms. The summed E-state index contributed by atoms with van der Waals surface area (Å²) in [6.07, 6.45) is 3.80. The van der Waals surface area contributed by atoms with Crippen molar-refractivity contribution >= 4 is 27.7 Å². The molecule has 126 valence electrons. The quantitative estimate of drug-likeness (QED) is 0.796. The minimum Gasteiger partial charge on any atom is -0.383 e. The van der Waals surface area contributed by atoms with Gasteiger partial charge in [-0.3, -0.25) is 9.10 Å². The van der Waals surface area contributed by atoms with E-state index in [1.807, 2.05) is 6.92 Å². The van der Waals surface area contributed by atoms with Crippen LogP contribution in [0.2, 0.25) is 0 Å². The van der Waals surface area contributed by atoms with E-state index >= 15 is 0 Å². The Hall–Kier alpha value is -1.86. The first-order chi connectivity index (χ1) is 10.9. The van der Waals surface area contributed by atoms with Crippen LogP contribution < -0.4 is 9.62 Å². The lowest BCUT2D eigenvalue weighted by Gasteiger charge is -2.16. The molecule has 0 radical (unpaired) electrons. The average molecular weight is 338 g/mol. The highest BCUT2D eigenvalue weighted by atomic mass is 32.2. The maximum Gasteiger partial charge on any atom is 0.244 e. The number of nitrogens with one attached hydrogen (secondary N) is 1. The zero-order chi connectivity index (χ0) is 16.9. The second-order valence-electron chi connectivity index (χ2n) is 5.53. The summed E-state index contributed by atoms with van der Waals surface area (Å²) in [7, 11) is -1.57. The van der Waals surface area contributed by atoms with Gasteiger partial charge >= 0.3 is 0 Å². The van der Waals surface area contributed by atoms with Crippen LogP contribution in [0.1, 0.15) is 18.9 Å². The van der Waals surface area contributed by atoms with Gasteiger partial charge in [-0.15, -0.1) is 0 Å². The molecule has 1 unspecified atom stereocenters. The maximum absolute atomic E-state index is 11.9. The molecule has 1 fully saturated rings. The van der Waals surface area contributed by atoms with Crippen molar-refractivity contribution in [3.63, 3.8) is 0 Å². The van der Waals surface area contributed by atoms with E-state index in [0.29, 0.717) is 25.3 Å².